The topological polar surface area (TPSA) is 83.4 Å². The van der Waals surface area contributed by atoms with E-state index < -0.39 is 6.04 Å². The van der Waals surface area contributed by atoms with Crippen LogP contribution in [0.2, 0.25) is 0 Å². The first-order chi connectivity index (χ1) is 9.56. The molecule has 1 aromatic heterocycles. The minimum atomic E-state index is -0.456. The summed E-state index contributed by atoms with van der Waals surface area (Å²) in [4.78, 5) is 23.7. The van der Waals surface area contributed by atoms with Gasteiger partial charge in [0.15, 0.2) is 0 Å². The molecule has 3 N–H and O–H groups in total. The van der Waals surface area contributed by atoms with Gasteiger partial charge in [0.25, 0.3) is 0 Å². The van der Waals surface area contributed by atoms with E-state index in [4.69, 9.17) is 4.42 Å². The van der Waals surface area contributed by atoms with Crippen LogP contribution in [0.5, 0.6) is 0 Å². The minimum absolute atomic E-state index is 0.112. The van der Waals surface area contributed by atoms with Crippen LogP contribution >= 0.6 is 0 Å². The van der Waals surface area contributed by atoms with Gasteiger partial charge in [-0.1, -0.05) is 0 Å². The Hall–Kier alpha value is -1.98. The maximum atomic E-state index is 11.9. The molecule has 0 saturated carbocycles. The third kappa shape index (κ3) is 3.76. The van der Waals surface area contributed by atoms with Crippen LogP contribution in [-0.2, 0) is 4.79 Å². The highest BCUT2D eigenvalue weighted by Gasteiger charge is 2.23. The number of nitrogens with one attached hydrogen (secondary N) is 3. The summed E-state index contributed by atoms with van der Waals surface area (Å²) in [6.07, 6.45) is 2.55. The highest BCUT2D eigenvalue weighted by molar-refractivity contribution is 5.87. The van der Waals surface area contributed by atoms with Crippen LogP contribution in [-0.4, -0.2) is 24.5 Å². The number of urea groups is 1. The second-order valence-electron chi connectivity index (χ2n) is 5.13. The fraction of sp³-hybridized carbons (Fsp3) is 0.571. The molecular formula is C14H21N3O3. The molecule has 1 aliphatic heterocycles. The minimum Gasteiger partial charge on any atom is -0.464 e. The quantitative estimate of drug-likeness (QED) is 0.786. The van der Waals surface area contributed by atoms with Crippen LogP contribution < -0.4 is 16.0 Å². The van der Waals surface area contributed by atoms with Crippen LogP contribution in [0.3, 0.4) is 0 Å². The molecule has 1 saturated heterocycles. The number of furan rings is 1. The maximum absolute atomic E-state index is 11.9. The van der Waals surface area contributed by atoms with Gasteiger partial charge < -0.3 is 20.4 Å². The molecule has 6 heteroatoms. The lowest BCUT2D eigenvalue weighted by atomic mass is 10.1. The summed E-state index contributed by atoms with van der Waals surface area (Å²) in [6, 6.07) is 2.64. The Bertz CT molecular complexity index is 484. The fourth-order valence-electron chi connectivity index (χ4n) is 2.23. The van der Waals surface area contributed by atoms with Crippen molar-refractivity contribution < 1.29 is 14.0 Å². The zero-order valence-electron chi connectivity index (χ0n) is 11.9. The Kier molecular flexibility index (Phi) is 4.65. The van der Waals surface area contributed by atoms with Crippen molar-refractivity contribution in [2.45, 2.75) is 45.2 Å². The predicted octanol–water partition coefficient (Wildman–Crippen LogP) is 1.62. The zero-order valence-corrected chi connectivity index (χ0v) is 11.9. The molecule has 2 atom stereocenters. The number of hydrogen-bond acceptors (Lipinski definition) is 3. The summed E-state index contributed by atoms with van der Waals surface area (Å²) in [5.41, 5.74) is 0. The molecule has 1 aromatic rings. The standard InChI is InChI=1S/C14H21N3O3/c1-9-6-7-12(20-9)10(2)16-14(19)17-11-5-3-4-8-15-13(11)18/h6-7,10-11H,3-5,8H2,1-2H3,(H,15,18)(H2,16,17,19)/t10-,11-/m1/s1. The van der Waals surface area contributed by atoms with Gasteiger partial charge in [0.05, 0.1) is 6.04 Å². The Morgan fingerprint density at radius 3 is 2.95 bits per heavy atom. The van der Waals surface area contributed by atoms with Gasteiger partial charge in [0.2, 0.25) is 5.91 Å². The summed E-state index contributed by atoms with van der Waals surface area (Å²) in [5.74, 6) is 1.39. The lowest BCUT2D eigenvalue weighted by Gasteiger charge is -2.18. The molecule has 3 amide bonds. The Morgan fingerprint density at radius 2 is 2.25 bits per heavy atom. The van der Waals surface area contributed by atoms with Gasteiger partial charge in [-0.15, -0.1) is 0 Å². The highest BCUT2D eigenvalue weighted by Crippen LogP contribution is 2.15. The molecule has 0 aliphatic carbocycles. The molecule has 2 heterocycles. The van der Waals surface area contributed by atoms with E-state index in [1.807, 2.05) is 26.0 Å². The number of carbonyl (C=O) groups excluding carboxylic acids is 2. The van der Waals surface area contributed by atoms with Crippen LogP contribution in [0.25, 0.3) is 0 Å². The number of aryl methyl sites for hydroxylation is 1. The molecule has 0 aromatic carbocycles. The van der Waals surface area contributed by atoms with Gasteiger partial charge in [-0.05, 0) is 45.2 Å². The maximum Gasteiger partial charge on any atom is 0.316 e. The molecule has 6 nitrogen and oxygen atoms in total. The van der Waals surface area contributed by atoms with Crippen molar-refractivity contribution in [3.63, 3.8) is 0 Å². The first-order valence-electron chi connectivity index (χ1n) is 6.97. The largest absolute Gasteiger partial charge is 0.464 e. The summed E-state index contributed by atoms with van der Waals surface area (Å²) in [5, 5.41) is 8.27. The van der Waals surface area contributed by atoms with Gasteiger partial charge in [-0.3, -0.25) is 4.79 Å². The molecule has 20 heavy (non-hydrogen) atoms. The van der Waals surface area contributed by atoms with E-state index in [1.165, 1.54) is 0 Å². The lowest BCUT2D eigenvalue weighted by Crippen LogP contribution is -2.49. The second kappa shape index (κ2) is 6.45. The van der Waals surface area contributed by atoms with Gasteiger partial charge in [0.1, 0.15) is 17.6 Å². The average Bonchev–Trinajstić information content (AvgIpc) is 2.73. The second-order valence-corrected chi connectivity index (χ2v) is 5.13. The van der Waals surface area contributed by atoms with Crippen molar-refractivity contribution in [2.24, 2.45) is 0 Å². The molecule has 1 aliphatic rings. The van der Waals surface area contributed by atoms with Crippen LogP contribution in [0.15, 0.2) is 16.5 Å². The normalized spacial score (nSPS) is 20.7. The highest BCUT2D eigenvalue weighted by atomic mass is 16.3. The van der Waals surface area contributed by atoms with Gasteiger partial charge in [0, 0.05) is 6.54 Å². The van der Waals surface area contributed by atoms with Crippen molar-refractivity contribution in [2.75, 3.05) is 6.54 Å². The Balaban J connectivity index is 1.86. The van der Waals surface area contributed by atoms with E-state index in [2.05, 4.69) is 16.0 Å². The Morgan fingerprint density at radius 1 is 1.45 bits per heavy atom. The third-order valence-electron chi connectivity index (χ3n) is 3.38. The molecule has 1 fully saturated rings. The van der Waals surface area contributed by atoms with Gasteiger partial charge in [-0.25, -0.2) is 4.79 Å². The zero-order chi connectivity index (χ0) is 14.5. The van der Waals surface area contributed by atoms with E-state index in [0.29, 0.717) is 18.7 Å². The van der Waals surface area contributed by atoms with E-state index >= 15 is 0 Å². The number of rotatable bonds is 3. The molecule has 2 rings (SSSR count). The van der Waals surface area contributed by atoms with Crippen LogP contribution in [0.1, 0.15) is 43.7 Å². The predicted molar refractivity (Wildman–Crippen MR) is 74.2 cm³/mol. The molecule has 0 unspecified atom stereocenters. The van der Waals surface area contributed by atoms with Crippen molar-refractivity contribution in [3.05, 3.63) is 23.7 Å². The van der Waals surface area contributed by atoms with Crippen LogP contribution in [0.4, 0.5) is 4.79 Å². The molecule has 0 bridgehead atoms. The SMILES string of the molecule is Cc1ccc([C@@H](C)NC(=O)N[C@@H]2CCCCNC2=O)o1. The van der Waals surface area contributed by atoms with Gasteiger partial charge in [-0.2, -0.15) is 0 Å². The first kappa shape index (κ1) is 14.4. The Labute approximate surface area is 118 Å². The molecule has 0 radical (unpaired) electrons. The summed E-state index contributed by atoms with van der Waals surface area (Å²) < 4.78 is 5.46. The average molecular weight is 279 g/mol. The van der Waals surface area contributed by atoms with E-state index in [-0.39, 0.29) is 18.0 Å². The molecular weight excluding hydrogens is 258 g/mol. The van der Waals surface area contributed by atoms with E-state index in [0.717, 1.165) is 18.6 Å². The fourth-order valence-corrected chi connectivity index (χ4v) is 2.23. The van der Waals surface area contributed by atoms with Crippen molar-refractivity contribution >= 4 is 11.9 Å². The van der Waals surface area contributed by atoms with Crippen LogP contribution in [0, 0.1) is 6.92 Å². The summed E-state index contributed by atoms with van der Waals surface area (Å²) >= 11 is 0. The van der Waals surface area contributed by atoms with E-state index in [9.17, 15) is 9.59 Å². The van der Waals surface area contributed by atoms with Crippen molar-refractivity contribution in [1.29, 1.82) is 0 Å². The summed E-state index contributed by atoms with van der Waals surface area (Å²) in [6.45, 7) is 4.37. The number of hydrogen-bond donors (Lipinski definition) is 3. The van der Waals surface area contributed by atoms with Crippen molar-refractivity contribution in [1.82, 2.24) is 16.0 Å². The summed E-state index contributed by atoms with van der Waals surface area (Å²) in [7, 11) is 0. The van der Waals surface area contributed by atoms with E-state index in [1.54, 1.807) is 0 Å². The third-order valence-corrected chi connectivity index (χ3v) is 3.38. The molecule has 0 spiro atoms. The van der Waals surface area contributed by atoms with Crippen molar-refractivity contribution in [3.8, 4) is 0 Å². The lowest BCUT2D eigenvalue weighted by molar-refractivity contribution is -0.122. The smallest absolute Gasteiger partial charge is 0.316 e. The monoisotopic (exact) mass is 279 g/mol. The first-order valence-corrected chi connectivity index (χ1v) is 6.97. The number of amides is 3. The molecule has 110 valence electrons. The van der Waals surface area contributed by atoms with Gasteiger partial charge >= 0.3 is 6.03 Å². The number of carbonyl (C=O) groups is 2.